The van der Waals surface area contributed by atoms with Crippen LogP contribution in [0.25, 0.3) is 22.3 Å². The maximum atomic E-state index is 6.50. The average molecular weight is 523 g/mol. The number of hydrogen-bond acceptors (Lipinski definition) is 2. The van der Waals surface area contributed by atoms with Crippen LogP contribution in [-0.4, -0.2) is 0 Å². The molecule has 3 heteroatoms. The van der Waals surface area contributed by atoms with Gasteiger partial charge in [-0.15, -0.1) is 0 Å². The van der Waals surface area contributed by atoms with E-state index < -0.39 is 0 Å². The van der Waals surface area contributed by atoms with Crippen LogP contribution < -0.4 is 10.2 Å². The van der Waals surface area contributed by atoms with Crippen LogP contribution in [-0.2, 0) is 0 Å². The van der Waals surface area contributed by atoms with Gasteiger partial charge in [0.25, 0.3) is 0 Å². The molecule has 6 rings (SSSR count). The molecule has 0 aliphatic carbocycles. The summed E-state index contributed by atoms with van der Waals surface area (Å²) in [5.74, 6) is 0. The molecule has 1 N–H and O–H groups in total. The van der Waals surface area contributed by atoms with Crippen molar-refractivity contribution in [1.29, 1.82) is 0 Å². The summed E-state index contributed by atoms with van der Waals surface area (Å²) in [5, 5.41) is 4.37. The van der Waals surface area contributed by atoms with Crippen molar-refractivity contribution in [2.45, 2.75) is 0 Å². The summed E-state index contributed by atoms with van der Waals surface area (Å²) in [6.07, 6.45) is 0. The molecule has 0 saturated heterocycles. The van der Waals surface area contributed by atoms with Crippen LogP contribution in [0.4, 0.5) is 28.4 Å². The van der Waals surface area contributed by atoms with Gasteiger partial charge in [0, 0.05) is 38.9 Å². The summed E-state index contributed by atoms with van der Waals surface area (Å²) in [4.78, 5) is 2.27. The standard InChI is InChI=1S/C36H27ClN2/c37-29-17-11-19-31(25-29)39(36-24-10-8-22-34(36)28-15-5-2-6-16-28)32-20-12-18-30(26-32)38-35-23-9-7-21-33(35)27-13-3-1-4-14-27/h1-26,38H. The van der Waals surface area contributed by atoms with Crippen LogP contribution in [0.5, 0.6) is 0 Å². The SMILES string of the molecule is Clc1cccc(N(c2cccc(Nc3ccccc3-c3ccccc3)c2)c2ccccc2-c2ccccc2)c1. The van der Waals surface area contributed by atoms with E-state index in [-0.39, 0.29) is 0 Å². The molecule has 0 bridgehead atoms. The van der Waals surface area contributed by atoms with E-state index in [9.17, 15) is 0 Å². The maximum Gasteiger partial charge on any atom is 0.0540 e. The topological polar surface area (TPSA) is 15.3 Å². The van der Waals surface area contributed by atoms with Gasteiger partial charge in [-0.3, -0.25) is 0 Å². The summed E-state index contributed by atoms with van der Waals surface area (Å²) in [7, 11) is 0. The Morgan fingerprint density at radius 1 is 0.462 bits per heavy atom. The molecular formula is C36H27ClN2. The molecule has 0 unspecified atom stereocenters. The largest absolute Gasteiger partial charge is 0.355 e. The molecule has 0 radical (unpaired) electrons. The van der Waals surface area contributed by atoms with E-state index in [2.05, 4.69) is 138 Å². The van der Waals surface area contributed by atoms with Crippen molar-refractivity contribution < 1.29 is 0 Å². The zero-order chi connectivity index (χ0) is 26.4. The van der Waals surface area contributed by atoms with E-state index in [1.54, 1.807) is 0 Å². The Bertz CT molecular complexity index is 1700. The lowest BCUT2D eigenvalue weighted by Crippen LogP contribution is -2.11. The summed E-state index contributed by atoms with van der Waals surface area (Å²) < 4.78 is 0. The molecule has 188 valence electrons. The highest BCUT2D eigenvalue weighted by atomic mass is 35.5. The monoisotopic (exact) mass is 522 g/mol. The normalized spacial score (nSPS) is 10.7. The number of hydrogen-bond donors (Lipinski definition) is 1. The fourth-order valence-electron chi connectivity index (χ4n) is 4.91. The lowest BCUT2D eigenvalue weighted by atomic mass is 10.0. The quantitative estimate of drug-likeness (QED) is 0.224. The van der Waals surface area contributed by atoms with E-state index in [0.717, 1.165) is 45.1 Å². The first-order valence-electron chi connectivity index (χ1n) is 13.0. The number of para-hydroxylation sites is 2. The Balaban J connectivity index is 1.45. The van der Waals surface area contributed by atoms with Crippen molar-refractivity contribution in [2.75, 3.05) is 10.2 Å². The predicted octanol–water partition coefficient (Wildman–Crippen LogP) is 10.9. The lowest BCUT2D eigenvalue weighted by Gasteiger charge is -2.28. The van der Waals surface area contributed by atoms with Crippen LogP contribution in [0, 0.1) is 0 Å². The second-order valence-corrected chi connectivity index (χ2v) is 9.72. The van der Waals surface area contributed by atoms with Gasteiger partial charge < -0.3 is 10.2 Å². The fraction of sp³-hybridized carbons (Fsp3) is 0. The second kappa shape index (κ2) is 11.3. The number of nitrogens with one attached hydrogen (secondary N) is 1. The third kappa shape index (κ3) is 5.43. The molecule has 0 aliphatic heterocycles. The van der Waals surface area contributed by atoms with E-state index >= 15 is 0 Å². The minimum absolute atomic E-state index is 0.695. The molecule has 0 saturated carbocycles. The summed E-state index contributed by atoms with van der Waals surface area (Å²) in [6, 6.07) is 54.4. The Morgan fingerprint density at radius 2 is 1.03 bits per heavy atom. The highest BCUT2D eigenvalue weighted by molar-refractivity contribution is 6.30. The summed E-state index contributed by atoms with van der Waals surface area (Å²) in [5.41, 5.74) is 9.79. The smallest absolute Gasteiger partial charge is 0.0540 e. The molecule has 0 spiro atoms. The molecule has 0 heterocycles. The van der Waals surface area contributed by atoms with E-state index in [1.165, 1.54) is 5.56 Å². The zero-order valence-electron chi connectivity index (χ0n) is 21.3. The number of benzene rings is 6. The van der Waals surface area contributed by atoms with Gasteiger partial charge in [0.2, 0.25) is 0 Å². The van der Waals surface area contributed by atoms with Gasteiger partial charge in [-0.1, -0.05) is 121 Å². The first-order valence-corrected chi connectivity index (χ1v) is 13.4. The van der Waals surface area contributed by atoms with E-state index in [1.807, 2.05) is 30.3 Å². The third-order valence-corrected chi connectivity index (χ3v) is 6.93. The number of rotatable bonds is 7. The molecule has 6 aromatic rings. The van der Waals surface area contributed by atoms with Crippen LogP contribution in [0.3, 0.4) is 0 Å². The lowest BCUT2D eigenvalue weighted by molar-refractivity contribution is 1.28. The number of anilines is 5. The number of halogens is 1. The highest BCUT2D eigenvalue weighted by Crippen LogP contribution is 2.42. The third-order valence-electron chi connectivity index (χ3n) is 6.69. The van der Waals surface area contributed by atoms with Gasteiger partial charge >= 0.3 is 0 Å². The Hall–Kier alpha value is -4.79. The van der Waals surface area contributed by atoms with Crippen LogP contribution in [0.15, 0.2) is 158 Å². The molecule has 0 amide bonds. The van der Waals surface area contributed by atoms with Crippen molar-refractivity contribution in [1.82, 2.24) is 0 Å². The van der Waals surface area contributed by atoms with Gasteiger partial charge in [0.1, 0.15) is 0 Å². The Morgan fingerprint density at radius 3 is 1.74 bits per heavy atom. The predicted molar refractivity (Wildman–Crippen MR) is 167 cm³/mol. The van der Waals surface area contributed by atoms with Gasteiger partial charge in [0.15, 0.2) is 0 Å². The van der Waals surface area contributed by atoms with Crippen molar-refractivity contribution in [3.8, 4) is 22.3 Å². The van der Waals surface area contributed by atoms with Crippen molar-refractivity contribution in [3.63, 3.8) is 0 Å². The molecule has 0 aromatic heterocycles. The molecule has 0 atom stereocenters. The van der Waals surface area contributed by atoms with Gasteiger partial charge in [-0.05, 0) is 59.7 Å². The molecule has 39 heavy (non-hydrogen) atoms. The maximum absolute atomic E-state index is 6.50. The first kappa shape index (κ1) is 24.5. The van der Waals surface area contributed by atoms with E-state index in [4.69, 9.17) is 11.6 Å². The van der Waals surface area contributed by atoms with Gasteiger partial charge in [0.05, 0.1) is 5.69 Å². The fourth-order valence-corrected chi connectivity index (χ4v) is 5.10. The van der Waals surface area contributed by atoms with Crippen LogP contribution in [0.1, 0.15) is 0 Å². The molecule has 0 aliphatic rings. The van der Waals surface area contributed by atoms with Gasteiger partial charge in [-0.2, -0.15) is 0 Å². The van der Waals surface area contributed by atoms with Crippen molar-refractivity contribution >= 4 is 40.0 Å². The highest BCUT2D eigenvalue weighted by Gasteiger charge is 2.18. The summed E-state index contributed by atoms with van der Waals surface area (Å²) >= 11 is 6.50. The molecule has 6 aromatic carbocycles. The minimum atomic E-state index is 0.695. The van der Waals surface area contributed by atoms with E-state index in [0.29, 0.717) is 5.02 Å². The number of nitrogens with zero attached hydrogens (tertiary/aromatic N) is 1. The molecular weight excluding hydrogens is 496 g/mol. The average Bonchev–Trinajstić information content (AvgIpc) is 2.99. The van der Waals surface area contributed by atoms with Crippen LogP contribution >= 0.6 is 11.6 Å². The first-order chi connectivity index (χ1) is 19.3. The van der Waals surface area contributed by atoms with Crippen LogP contribution in [0.2, 0.25) is 5.02 Å². The van der Waals surface area contributed by atoms with Gasteiger partial charge in [-0.25, -0.2) is 0 Å². The van der Waals surface area contributed by atoms with Crippen molar-refractivity contribution in [3.05, 3.63) is 163 Å². The Labute approximate surface area is 234 Å². The summed E-state index contributed by atoms with van der Waals surface area (Å²) in [6.45, 7) is 0. The second-order valence-electron chi connectivity index (χ2n) is 9.29. The zero-order valence-corrected chi connectivity index (χ0v) is 22.1. The molecule has 2 nitrogen and oxygen atoms in total. The molecule has 0 fully saturated rings. The Kier molecular flexibility index (Phi) is 7.11. The minimum Gasteiger partial charge on any atom is -0.355 e. The van der Waals surface area contributed by atoms with Crippen molar-refractivity contribution in [2.24, 2.45) is 0 Å².